The maximum absolute atomic E-state index is 13.3. The molecular formula is C22H29ClN2O3S. The number of ether oxygens (including phenoxy) is 1. The van der Waals surface area contributed by atoms with Crippen LogP contribution >= 0.6 is 11.6 Å². The molecule has 1 heterocycles. The predicted molar refractivity (Wildman–Crippen MR) is 119 cm³/mol. The van der Waals surface area contributed by atoms with E-state index in [0.717, 1.165) is 17.0 Å². The summed E-state index contributed by atoms with van der Waals surface area (Å²) in [5.41, 5.74) is 1.70. The molecule has 0 aliphatic carbocycles. The van der Waals surface area contributed by atoms with Crippen LogP contribution in [0.2, 0.25) is 5.02 Å². The summed E-state index contributed by atoms with van der Waals surface area (Å²) in [6, 6.07) is 12.9. The van der Waals surface area contributed by atoms with E-state index in [2.05, 4.69) is 25.7 Å². The molecule has 0 bridgehead atoms. The van der Waals surface area contributed by atoms with Gasteiger partial charge in [0.05, 0.1) is 11.5 Å². The molecule has 1 saturated heterocycles. The van der Waals surface area contributed by atoms with Crippen LogP contribution in [-0.4, -0.2) is 45.5 Å². The number of piperazine rings is 1. The number of anilines is 1. The van der Waals surface area contributed by atoms with Crippen LogP contribution in [0.25, 0.3) is 0 Å². The molecule has 2 aromatic carbocycles. The lowest BCUT2D eigenvalue weighted by Crippen LogP contribution is -2.48. The van der Waals surface area contributed by atoms with Gasteiger partial charge in [0.1, 0.15) is 5.75 Å². The molecule has 158 valence electrons. The first-order chi connectivity index (χ1) is 13.6. The first-order valence-electron chi connectivity index (χ1n) is 9.91. The molecule has 29 heavy (non-hydrogen) atoms. The lowest BCUT2D eigenvalue weighted by atomic mass is 9.86. The van der Waals surface area contributed by atoms with E-state index in [9.17, 15) is 8.42 Å². The molecule has 7 heteroatoms. The van der Waals surface area contributed by atoms with Crippen LogP contribution in [0.1, 0.15) is 33.3 Å². The molecule has 0 aromatic heterocycles. The normalized spacial score (nSPS) is 16.1. The Kier molecular flexibility index (Phi) is 6.46. The Morgan fingerprint density at radius 1 is 1.03 bits per heavy atom. The Labute approximate surface area is 179 Å². The summed E-state index contributed by atoms with van der Waals surface area (Å²) < 4.78 is 33.8. The third-order valence-corrected chi connectivity index (χ3v) is 7.24. The number of hydrogen-bond donors (Lipinski definition) is 0. The first kappa shape index (κ1) is 21.9. The van der Waals surface area contributed by atoms with Gasteiger partial charge in [-0.15, -0.1) is 0 Å². The molecule has 0 spiro atoms. The minimum absolute atomic E-state index is 0.221. The SMILES string of the molecule is CCOc1ccc(S(=O)(=O)N2CCN(c3cccc(Cl)c3)CC2)cc1C(C)(C)C. The van der Waals surface area contributed by atoms with Gasteiger partial charge in [-0.2, -0.15) is 4.31 Å². The summed E-state index contributed by atoms with van der Waals surface area (Å²) in [5.74, 6) is 0.740. The highest BCUT2D eigenvalue weighted by atomic mass is 35.5. The fraction of sp³-hybridized carbons (Fsp3) is 0.455. The third-order valence-electron chi connectivity index (χ3n) is 5.11. The molecule has 3 rings (SSSR count). The average Bonchev–Trinajstić information content (AvgIpc) is 2.68. The maximum atomic E-state index is 13.3. The van der Waals surface area contributed by atoms with E-state index in [4.69, 9.17) is 16.3 Å². The Hall–Kier alpha value is -1.76. The Morgan fingerprint density at radius 2 is 1.72 bits per heavy atom. The predicted octanol–water partition coefficient (Wildman–Crippen LogP) is 4.55. The number of halogens is 1. The van der Waals surface area contributed by atoms with Crippen LogP contribution in [0, 0.1) is 0 Å². The summed E-state index contributed by atoms with van der Waals surface area (Å²) in [6.45, 7) is 10.8. The molecule has 5 nitrogen and oxygen atoms in total. The van der Waals surface area contributed by atoms with Crippen LogP contribution in [0.4, 0.5) is 5.69 Å². The highest BCUT2D eigenvalue weighted by molar-refractivity contribution is 7.89. The standard InChI is InChI=1S/C22H29ClN2O3S/c1-5-28-21-10-9-19(16-20(21)22(2,3)4)29(26,27)25-13-11-24(12-14-25)18-8-6-7-17(23)15-18/h6-10,15-16H,5,11-14H2,1-4H3. The largest absolute Gasteiger partial charge is 0.494 e. The summed E-state index contributed by atoms with van der Waals surface area (Å²) in [5, 5.41) is 0.682. The van der Waals surface area contributed by atoms with Crippen molar-refractivity contribution < 1.29 is 13.2 Å². The van der Waals surface area contributed by atoms with Crippen LogP contribution in [0.3, 0.4) is 0 Å². The second kappa shape index (κ2) is 8.54. The zero-order valence-electron chi connectivity index (χ0n) is 17.5. The molecule has 0 radical (unpaired) electrons. The fourth-order valence-electron chi connectivity index (χ4n) is 3.55. The van der Waals surface area contributed by atoms with E-state index in [1.807, 2.05) is 31.2 Å². The monoisotopic (exact) mass is 436 g/mol. The molecule has 0 atom stereocenters. The van der Waals surface area contributed by atoms with Crippen molar-refractivity contribution in [3.63, 3.8) is 0 Å². The molecule has 0 saturated carbocycles. The molecule has 0 unspecified atom stereocenters. The summed E-state index contributed by atoms with van der Waals surface area (Å²) in [6.07, 6.45) is 0. The van der Waals surface area contributed by atoms with Crippen molar-refractivity contribution in [1.82, 2.24) is 4.31 Å². The van der Waals surface area contributed by atoms with Crippen molar-refractivity contribution in [1.29, 1.82) is 0 Å². The minimum Gasteiger partial charge on any atom is -0.494 e. The number of sulfonamides is 1. The van der Waals surface area contributed by atoms with E-state index in [1.54, 1.807) is 22.5 Å². The van der Waals surface area contributed by atoms with E-state index < -0.39 is 10.0 Å². The van der Waals surface area contributed by atoms with Gasteiger partial charge >= 0.3 is 0 Å². The molecular weight excluding hydrogens is 408 g/mol. The maximum Gasteiger partial charge on any atom is 0.243 e. The molecule has 1 fully saturated rings. The van der Waals surface area contributed by atoms with E-state index in [-0.39, 0.29) is 5.41 Å². The average molecular weight is 437 g/mol. The van der Waals surface area contributed by atoms with Crippen molar-refractivity contribution in [2.45, 2.75) is 38.0 Å². The van der Waals surface area contributed by atoms with Crippen LogP contribution in [0.5, 0.6) is 5.75 Å². The number of benzene rings is 2. The number of rotatable bonds is 5. The minimum atomic E-state index is -3.57. The quantitative estimate of drug-likeness (QED) is 0.690. The topological polar surface area (TPSA) is 49.9 Å². The smallest absolute Gasteiger partial charge is 0.243 e. The van der Waals surface area contributed by atoms with Gasteiger partial charge in [-0.3, -0.25) is 0 Å². The summed E-state index contributed by atoms with van der Waals surface area (Å²) in [4.78, 5) is 2.48. The number of hydrogen-bond acceptors (Lipinski definition) is 4. The highest BCUT2D eigenvalue weighted by Gasteiger charge is 2.30. The van der Waals surface area contributed by atoms with Gasteiger partial charge in [-0.1, -0.05) is 38.4 Å². The lowest BCUT2D eigenvalue weighted by molar-refractivity contribution is 0.329. The second-order valence-electron chi connectivity index (χ2n) is 8.21. The van der Waals surface area contributed by atoms with E-state index >= 15 is 0 Å². The Bertz CT molecular complexity index is 962. The molecule has 1 aliphatic heterocycles. The number of nitrogens with zero attached hydrogens (tertiary/aromatic N) is 2. The van der Waals surface area contributed by atoms with Gasteiger partial charge in [0.2, 0.25) is 10.0 Å². The van der Waals surface area contributed by atoms with Gasteiger partial charge < -0.3 is 9.64 Å². The van der Waals surface area contributed by atoms with E-state index in [0.29, 0.717) is 42.7 Å². The summed E-state index contributed by atoms with van der Waals surface area (Å²) >= 11 is 6.09. The van der Waals surface area contributed by atoms with Gasteiger partial charge in [-0.25, -0.2) is 8.42 Å². The van der Waals surface area contributed by atoms with Crippen LogP contribution < -0.4 is 9.64 Å². The third kappa shape index (κ3) is 4.87. The van der Waals surface area contributed by atoms with Gasteiger partial charge in [0.15, 0.2) is 0 Å². The van der Waals surface area contributed by atoms with Crippen molar-refractivity contribution in [3.05, 3.63) is 53.1 Å². The lowest BCUT2D eigenvalue weighted by Gasteiger charge is -2.35. The van der Waals surface area contributed by atoms with Crippen molar-refractivity contribution in [3.8, 4) is 5.75 Å². The van der Waals surface area contributed by atoms with Gasteiger partial charge in [0.25, 0.3) is 0 Å². The molecule has 0 N–H and O–H groups in total. The molecule has 2 aromatic rings. The van der Waals surface area contributed by atoms with Crippen molar-refractivity contribution in [2.75, 3.05) is 37.7 Å². The van der Waals surface area contributed by atoms with Gasteiger partial charge in [0, 0.05) is 42.5 Å². The van der Waals surface area contributed by atoms with Crippen molar-refractivity contribution in [2.24, 2.45) is 0 Å². The van der Waals surface area contributed by atoms with E-state index in [1.165, 1.54) is 0 Å². The molecule has 1 aliphatic rings. The fourth-order valence-corrected chi connectivity index (χ4v) is 5.18. The zero-order chi connectivity index (χ0) is 21.2. The zero-order valence-corrected chi connectivity index (χ0v) is 19.1. The van der Waals surface area contributed by atoms with Crippen LogP contribution in [0.15, 0.2) is 47.4 Å². The highest BCUT2D eigenvalue weighted by Crippen LogP contribution is 2.34. The molecule has 0 amide bonds. The Morgan fingerprint density at radius 3 is 2.31 bits per heavy atom. The van der Waals surface area contributed by atoms with Crippen LogP contribution in [-0.2, 0) is 15.4 Å². The Balaban J connectivity index is 1.81. The first-order valence-corrected chi connectivity index (χ1v) is 11.7. The van der Waals surface area contributed by atoms with Crippen molar-refractivity contribution >= 4 is 27.3 Å². The summed E-state index contributed by atoms with van der Waals surface area (Å²) in [7, 11) is -3.57. The van der Waals surface area contributed by atoms with Gasteiger partial charge in [-0.05, 0) is 48.7 Å². The second-order valence-corrected chi connectivity index (χ2v) is 10.6.